The van der Waals surface area contributed by atoms with Crippen molar-refractivity contribution in [1.82, 2.24) is 14.5 Å². The Morgan fingerprint density at radius 3 is 2.79 bits per heavy atom. The summed E-state index contributed by atoms with van der Waals surface area (Å²) in [6.07, 6.45) is 3.71. The fourth-order valence-corrected chi connectivity index (χ4v) is 4.72. The van der Waals surface area contributed by atoms with Gasteiger partial charge in [0.05, 0.1) is 12.0 Å². The highest BCUT2D eigenvalue weighted by Gasteiger charge is 2.29. The third-order valence-electron chi connectivity index (χ3n) is 6.40. The van der Waals surface area contributed by atoms with E-state index in [1.165, 1.54) is 12.1 Å². The first-order chi connectivity index (χ1) is 15.7. The first kappa shape index (κ1) is 23.2. The number of pyridine rings is 1. The Morgan fingerprint density at radius 2 is 2.06 bits per heavy atom. The van der Waals surface area contributed by atoms with Crippen molar-refractivity contribution in [3.8, 4) is 0 Å². The van der Waals surface area contributed by atoms with Gasteiger partial charge in [0, 0.05) is 41.8 Å². The molecule has 0 saturated carbocycles. The van der Waals surface area contributed by atoms with Crippen LogP contribution in [0, 0.1) is 11.2 Å². The summed E-state index contributed by atoms with van der Waals surface area (Å²) in [6.45, 7) is 4.80. The van der Waals surface area contributed by atoms with Crippen molar-refractivity contribution in [2.24, 2.45) is 5.41 Å². The molecule has 3 aromatic rings. The molecule has 0 bridgehead atoms. The Balaban J connectivity index is 1.57. The predicted octanol–water partition coefficient (Wildman–Crippen LogP) is 5.04. The van der Waals surface area contributed by atoms with E-state index in [9.17, 15) is 19.1 Å². The van der Waals surface area contributed by atoms with Gasteiger partial charge in [-0.3, -0.25) is 9.59 Å². The van der Waals surface area contributed by atoms with Gasteiger partial charge >= 0.3 is 5.97 Å². The molecule has 1 N–H and O–H groups in total. The fraction of sp³-hybridized carbons (Fsp3) is 0.400. The van der Waals surface area contributed by atoms with E-state index in [1.807, 2.05) is 21.6 Å². The number of hydrogen-bond donors (Lipinski definition) is 1. The molecule has 3 heterocycles. The minimum atomic E-state index is -0.855. The van der Waals surface area contributed by atoms with Crippen molar-refractivity contribution < 1.29 is 19.1 Å². The molecule has 0 fully saturated rings. The largest absolute Gasteiger partial charge is 0.481 e. The maximum Gasteiger partial charge on any atom is 0.309 e. The van der Waals surface area contributed by atoms with Gasteiger partial charge in [-0.1, -0.05) is 11.6 Å². The molecule has 0 atom stereocenters. The number of amides is 1. The number of rotatable bonds is 7. The second-order valence-electron chi connectivity index (χ2n) is 9.27. The summed E-state index contributed by atoms with van der Waals surface area (Å²) in [7, 11) is 0. The van der Waals surface area contributed by atoms with Crippen LogP contribution in [0.3, 0.4) is 0 Å². The highest BCUT2D eigenvalue weighted by molar-refractivity contribution is 6.30. The summed E-state index contributed by atoms with van der Waals surface area (Å²) in [5.74, 6) is -1.23. The van der Waals surface area contributed by atoms with Crippen LogP contribution in [0.1, 0.15) is 49.9 Å². The molecule has 1 aliphatic rings. The second kappa shape index (κ2) is 9.14. The molecule has 1 aliphatic heterocycles. The summed E-state index contributed by atoms with van der Waals surface area (Å²) >= 11 is 6.06. The van der Waals surface area contributed by atoms with Gasteiger partial charge in [-0.05, 0) is 74.6 Å². The zero-order valence-electron chi connectivity index (χ0n) is 18.8. The van der Waals surface area contributed by atoms with Gasteiger partial charge in [-0.25, -0.2) is 9.37 Å². The molecule has 6 nitrogen and oxygen atoms in total. The van der Waals surface area contributed by atoms with Crippen LogP contribution >= 0.6 is 11.6 Å². The van der Waals surface area contributed by atoms with Crippen LogP contribution in [0.5, 0.6) is 0 Å². The first-order valence-electron chi connectivity index (χ1n) is 11.1. The average Bonchev–Trinajstić information content (AvgIpc) is 3.06. The summed E-state index contributed by atoms with van der Waals surface area (Å²) in [4.78, 5) is 30.6. The lowest BCUT2D eigenvalue weighted by atomic mass is 9.87. The zero-order chi connectivity index (χ0) is 23.8. The van der Waals surface area contributed by atoms with Gasteiger partial charge in [0.25, 0.3) is 0 Å². The lowest BCUT2D eigenvalue weighted by molar-refractivity contribution is -0.147. The highest BCUT2D eigenvalue weighted by atomic mass is 35.5. The maximum absolute atomic E-state index is 13.9. The quantitative estimate of drug-likeness (QED) is 0.523. The van der Waals surface area contributed by atoms with Gasteiger partial charge in [0.2, 0.25) is 5.91 Å². The SMILES string of the molecule is CC(C)(CCCC(=O)N1CCc2c(n(Cc3cc(F)cc(Cl)c3)c3ncccc23)C1)C(=O)O. The number of carbonyl (C=O) groups is 2. The highest BCUT2D eigenvalue weighted by Crippen LogP contribution is 2.31. The Kier molecular flexibility index (Phi) is 6.43. The van der Waals surface area contributed by atoms with E-state index in [0.717, 1.165) is 27.9 Å². The van der Waals surface area contributed by atoms with Gasteiger partial charge in [-0.15, -0.1) is 0 Å². The Hall–Kier alpha value is -2.93. The number of fused-ring (bicyclic) bond motifs is 3. The second-order valence-corrected chi connectivity index (χ2v) is 9.71. The zero-order valence-corrected chi connectivity index (χ0v) is 19.5. The van der Waals surface area contributed by atoms with E-state index in [2.05, 4.69) is 4.98 Å². The molecule has 8 heteroatoms. The third kappa shape index (κ3) is 4.88. The van der Waals surface area contributed by atoms with Crippen LogP contribution in [-0.2, 0) is 29.1 Å². The molecule has 4 rings (SSSR count). The Morgan fingerprint density at radius 1 is 1.27 bits per heavy atom. The van der Waals surface area contributed by atoms with Crippen LogP contribution in [0.25, 0.3) is 11.0 Å². The lowest BCUT2D eigenvalue weighted by Gasteiger charge is -2.29. The van der Waals surface area contributed by atoms with Crippen molar-refractivity contribution in [1.29, 1.82) is 0 Å². The number of hydrogen-bond acceptors (Lipinski definition) is 3. The summed E-state index contributed by atoms with van der Waals surface area (Å²) < 4.78 is 16.0. The van der Waals surface area contributed by atoms with E-state index in [-0.39, 0.29) is 5.91 Å². The number of carbonyl (C=O) groups excluding carboxylic acids is 1. The van der Waals surface area contributed by atoms with E-state index in [4.69, 9.17) is 11.6 Å². The van der Waals surface area contributed by atoms with Crippen molar-refractivity contribution >= 4 is 34.5 Å². The van der Waals surface area contributed by atoms with Gasteiger partial charge in [0.15, 0.2) is 0 Å². The monoisotopic (exact) mass is 471 g/mol. The van der Waals surface area contributed by atoms with Crippen LogP contribution < -0.4 is 0 Å². The molecule has 174 valence electrons. The molecule has 1 aromatic carbocycles. The Bertz CT molecular complexity index is 1200. The summed E-state index contributed by atoms with van der Waals surface area (Å²) in [5.41, 5.74) is 2.84. The van der Waals surface area contributed by atoms with E-state index in [1.54, 1.807) is 26.1 Å². The van der Waals surface area contributed by atoms with Gasteiger partial charge in [0.1, 0.15) is 11.5 Å². The van der Waals surface area contributed by atoms with Crippen molar-refractivity contribution in [2.45, 2.75) is 52.6 Å². The standard InChI is InChI=1S/C25H27ClFN3O3/c1-25(2,24(32)33)8-3-6-22(31)29-10-7-19-20-5-4-9-28-23(20)30(21(19)15-29)14-16-11-17(26)13-18(27)12-16/h4-5,9,11-13H,3,6-8,10,14-15H2,1-2H3,(H,32,33). The first-order valence-corrected chi connectivity index (χ1v) is 11.4. The van der Waals surface area contributed by atoms with E-state index < -0.39 is 17.2 Å². The molecule has 0 spiro atoms. The number of halogens is 2. The van der Waals surface area contributed by atoms with Crippen LogP contribution in [-0.4, -0.2) is 38.0 Å². The fourth-order valence-electron chi connectivity index (χ4n) is 4.47. The molecule has 0 unspecified atom stereocenters. The van der Waals surface area contributed by atoms with Crippen molar-refractivity contribution in [3.05, 3.63) is 64.2 Å². The van der Waals surface area contributed by atoms with Crippen LogP contribution in [0.2, 0.25) is 5.02 Å². The molecule has 2 aromatic heterocycles. The topological polar surface area (TPSA) is 75.4 Å². The predicted molar refractivity (Wildman–Crippen MR) is 125 cm³/mol. The number of carboxylic acids is 1. The van der Waals surface area contributed by atoms with Crippen molar-refractivity contribution in [3.63, 3.8) is 0 Å². The number of nitrogens with zero attached hydrogens (tertiary/aromatic N) is 3. The minimum absolute atomic E-state index is 0.0143. The van der Waals surface area contributed by atoms with Gasteiger partial charge < -0.3 is 14.6 Å². The molecule has 1 amide bonds. The van der Waals surface area contributed by atoms with E-state index in [0.29, 0.717) is 50.3 Å². The number of aliphatic carboxylic acids is 1. The number of benzene rings is 1. The van der Waals surface area contributed by atoms with Crippen LogP contribution in [0.15, 0.2) is 36.5 Å². The molecule has 0 radical (unpaired) electrons. The molecular formula is C25H27ClFN3O3. The molecule has 0 aliphatic carbocycles. The smallest absolute Gasteiger partial charge is 0.309 e. The molecule has 33 heavy (non-hydrogen) atoms. The number of carboxylic acid groups (broad SMARTS) is 1. The third-order valence-corrected chi connectivity index (χ3v) is 6.62. The summed E-state index contributed by atoms with van der Waals surface area (Å²) in [6, 6.07) is 8.40. The maximum atomic E-state index is 13.9. The van der Waals surface area contributed by atoms with Crippen LogP contribution in [0.4, 0.5) is 4.39 Å². The number of aromatic nitrogens is 2. The Labute approximate surface area is 197 Å². The normalized spacial score (nSPS) is 13.9. The van der Waals surface area contributed by atoms with Gasteiger partial charge in [-0.2, -0.15) is 0 Å². The lowest BCUT2D eigenvalue weighted by Crippen LogP contribution is -2.36. The summed E-state index contributed by atoms with van der Waals surface area (Å²) in [5, 5.41) is 10.7. The molecular weight excluding hydrogens is 445 g/mol. The average molecular weight is 472 g/mol. The van der Waals surface area contributed by atoms with E-state index >= 15 is 0 Å². The van der Waals surface area contributed by atoms with Crippen molar-refractivity contribution in [2.75, 3.05) is 6.54 Å². The molecule has 0 saturated heterocycles. The minimum Gasteiger partial charge on any atom is -0.481 e.